The summed E-state index contributed by atoms with van der Waals surface area (Å²) in [6.07, 6.45) is 2.79. The number of esters is 2. The number of amides is 1. The molecule has 0 aromatic heterocycles. The van der Waals surface area contributed by atoms with Crippen LogP contribution < -0.4 is 0 Å². The molecule has 0 bridgehead atoms. The molecule has 0 saturated heterocycles. The third-order valence-electron chi connectivity index (χ3n) is 4.03. The summed E-state index contributed by atoms with van der Waals surface area (Å²) >= 11 is 0. The van der Waals surface area contributed by atoms with E-state index in [4.69, 9.17) is 4.74 Å². The van der Waals surface area contributed by atoms with Gasteiger partial charge in [-0.3, -0.25) is 4.79 Å². The molecule has 0 saturated carbocycles. The van der Waals surface area contributed by atoms with Crippen molar-refractivity contribution in [2.75, 3.05) is 20.3 Å². The molecule has 2 aromatic carbocycles. The SMILES string of the molecule is CCN(Cc1ccccc1)C(=O)COC(=O)/C=C/c1ccc(C(=O)OC)cc1. The number of carbonyl (C=O) groups excluding carboxylic acids is 3. The van der Waals surface area contributed by atoms with Gasteiger partial charge in [0.25, 0.3) is 5.91 Å². The fourth-order valence-electron chi connectivity index (χ4n) is 2.46. The number of ether oxygens (including phenoxy) is 2. The number of nitrogens with zero attached hydrogens (tertiary/aromatic N) is 1. The van der Waals surface area contributed by atoms with Gasteiger partial charge in [0.15, 0.2) is 6.61 Å². The molecule has 6 nitrogen and oxygen atoms in total. The first-order chi connectivity index (χ1) is 13.5. The van der Waals surface area contributed by atoms with Crippen LogP contribution in [0.4, 0.5) is 0 Å². The van der Waals surface area contributed by atoms with Crippen molar-refractivity contribution in [2.24, 2.45) is 0 Å². The van der Waals surface area contributed by atoms with E-state index in [1.807, 2.05) is 37.3 Å². The Balaban J connectivity index is 1.84. The first kappa shape index (κ1) is 20.9. The van der Waals surface area contributed by atoms with Gasteiger partial charge in [0, 0.05) is 19.2 Å². The fraction of sp³-hybridized carbons (Fsp3) is 0.227. The summed E-state index contributed by atoms with van der Waals surface area (Å²) < 4.78 is 9.66. The zero-order valence-electron chi connectivity index (χ0n) is 16.0. The van der Waals surface area contributed by atoms with Gasteiger partial charge in [0.05, 0.1) is 12.7 Å². The van der Waals surface area contributed by atoms with Gasteiger partial charge in [-0.15, -0.1) is 0 Å². The van der Waals surface area contributed by atoms with Crippen molar-refractivity contribution in [1.82, 2.24) is 4.90 Å². The summed E-state index contributed by atoms with van der Waals surface area (Å²) in [5, 5.41) is 0. The van der Waals surface area contributed by atoms with E-state index in [0.29, 0.717) is 18.7 Å². The van der Waals surface area contributed by atoms with E-state index in [9.17, 15) is 14.4 Å². The summed E-state index contributed by atoms with van der Waals surface area (Å²) in [5.41, 5.74) is 2.15. The highest BCUT2D eigenvalue weighted by molar-refractivity contribution is 5.91. The summed E-state index contributed by atoms with van der Waals surface area (Å²) in [7, 11) is 1.31. The molecule has 0 fully saturated rings. The maximum absolute atomic E-state index is 12.3. The van der Waals surface area contributed by atoms with Crippen molar-refractivity contribution in [3.8, 4) is 0 Å². The molecule has 2 rings (SSSR count). The minimum atomic E-state index is -0.610. The van der Waals surface area contributed by atoms with Crippen LogP contribution in [0.25, 0.3) is 6.08 Å². The fourth-order valence-corrected chi connectivity index (χ4v) is 2.46. The number of methoxy groups -OCH3 is 1. The zero-order valence-corrected chi connectivity index (χ0v) is 16.0. The van der Waals surface area contributed by atoms with E-state index in [0.717, 1.165) is 11.1 Å². The van der Waals surface area contributed by atoms with Crippen LogP contribution in [0.1, 0.15) is 28.4 Å². The second kappa shape index (κ2) is 10.7. The molecule has 0 spiro atoms. The number of rotatable bonds is 8. The molecular formula is C22H23NO5. The molecule has 0 radical (unpaired) electrons. The Kier molecular flexibility index (Phi) is 7.96. The topological polar surface area (TPSA) is 72.9 Å². The summed E-state index contributed by atoms with van der Waals surface area (Å²) in [5.74, 6) is -1.29. The van der Waals surface area contributed by atoms with Crippen molar-refractivity contribution in [3.05, 3.63) is 77.4 Å². The Morgan fingerprint density at radius 3 is 2.29 bits per heavy atom. The van der Waals surface area contributed by atoms with Crippen molar-refractivity contribution in [1.29, 1.82) is 0 Å². The van der Waals surface area contributed by atoms with Gasteiger partial charge in [-0.2, -0.15) is 0 Å². The minimum Gasteiger partial charge on any atom is -0.465 e. The van der Waals surface area contributed by atoms with E-state index < -0.39 is 11.9 Å². The standard InChI is InChI=1S/C22H23NO5/c1-3-23(15-18-7-5-4-6-8-18)20(24)16-28-21(25)14-11-17-9-12-19(13-10-17)22(26)27-2/h4-14H,3,15-16H2,1-2H3/b14-11+. The molecule has 2 aromatic rings. The number of hydrogen-bond donors (Lipinski definition) is 0. The van der Waals surface area contributed by atoms with E-state index in [-0.39, 0.29) is 12.5 Å². The lowest BCUT2D eigenvalue weighted by atomic mass is 10.1. The van der Waals surface area contributed by atoms with Gasteiger partial charge in [-0.05, 0) is 36.3 Å². The van der Waals surface area contributed by atoms with Crippen LogP contribution in [-0.2, 0) is 25.6 Å². The van der Waals surface area contributed by atoms with Crippen LogP contribution in [0, 0.1) is 0 Å². The van der Waals surface area contributed by atoms with Crippen LogP contribution >= 0.6 is 0 Å². The van der Waals surface area contributed by atoms with E-state index in [2.05, 4.69) is 4.74 Å². The van der Waals surface area contributed by atoms with Crippen molar-refractivity contribution in [3.63, 3.8) is 0 Å². The first-order valence-corrected chi connectivity index (χ1v) is 8.88. The van der Waals surface area contributed by atoms with E-state index in [1.54, 1.807) is 35.2 Å². The summed E-state index contributed by atoms with van der Waals surface area (Å²) in [4.78, 5) is 37.1. The van der Waals surface area contributed by atoms with Gasteiger partial charge < -0.3 is 14.4 Å². The molecule has 1 amide bonds. The molecule has 0 N–H and O–H groups in total. The lowest BCUT2D eigenvalue weighted by Gasteiger charge is -2.20. The molecule has 0 aliphatic heterocycles. The van der Waals surface area contributed by atoms with Crippen LogP contribution in [0.3, 0.4) is 0 Å². The third-order valence-corrected chi connectivity index (χ3v) is 4.03. The second-order valence-electron chi connectivity index (χ2n) is 5.95. The van der Waals surface area contributed by atoms with Crippen molar-refractivity contribution < 1.29 is 23.9 Å². The molecule has 0 unspecified atom stereocenters. The van der Waals surface area contributed by atoms with E-state index >= 15 is 0 Å². The lowest BCUT2D eigenvalue weighted by molar-refractivity contribution is -0.148. The third kappa shape index (κ3) is 6.39. The Morgan fingerprint density at radius 1 is 1.00 bits per heavy atom. The van der Waals surface area contributed by atoms with E-state index in [1.165, 1.54) is 13.2 Å². The number of hydrogen-bond acceptors (Lipinski definition) is 5. The average molecular weight is 381 g/mol. The molecule has 146 valence electrons. The molecule has 0 heterocycles. The Bertz CT molecular complexity index is 828. The maximum atomic E-state index is 12.3. The Hall–Kier alpha value is -3.41. The van der Waals surface area contributed by atoms with Crippen LogP contribution in [0.2, 0.25) is 0 Å². The molecule has 0 atom stereocenters. The summed E-state index contributed by atoms with van der Waals surface area (Å²) in [6.45, 7) is 2.55. The molecule has 0 aliphatic carbocycles. The first-order valence-electron chi connectivity index (χ1n) is 8.88. The van der Waals surface area contributed by atoms with Crippen LogP contribution in [0.5, 0.6) is 0 Å². The van der Waals surface area contributed by atoms with Gasteiger partial charge in [-0.25, -0.2) is 9.59 Å². The molecule has 0 aliphatic rings. The molecular weight excluding hydrogens is 358 g/mol. The molecule has 28 heavy (non-hydrogen) atoms. The van der Waals surface area contributed by atoms with Crippen molar-refractivity contribution in [2.45, 2.75) is 13.5 Å². The zero-order chi connectivity index (χ0) is 20.4. The lowest BCUT2D eigenvalue weighted by Crippen LogP contribution is -2.33. The predicted octanol–water partition coefficient (Wildman–Crippen LogP) is 3.08. The van der Waals surface area contributed by atoms with Gasteiger partial charge >= 0.3 is 11.9 Å². The number of benzene rings is 2. The normalized spacial score (nSPS) is 10.5. The summed E-state index contributed by atoms with van der Waals surface area (Å²) in [6, 6.07) is 16.2. The van der Waals surface area contributed by atoms with Crippen LogP contribution in [0.15, 0.2) is 60.7 Å². The van der Waals surface area contributed by atoms with Gasteiger partial charge in [0.2, 0.25) is 0 Å². The van der Waals surface area contributed by atoms with Gasteiger partial charge in [-0.1, -0.05) is 42.5 Å². The largest absolute Gasteiger partial charge is 0.465 e. The minimum absolute atomic E-state index is 0.254. The van der Waals surface area contributed by atoms with Crippen LogP contribution in [-0.4, -0.2) is 43.0 Å². The quantitative estimate of drug-likeness (QED) is 0.519. The molecule has 6 heteroatoms. The average Bonchev–Trinajstić information content (AvgIpc) is 2.74. The number of likely N-dealkylation sites (N-methyl/N-ethyl adjacent to an activating group) is 1. The predicted molar refractivity (Wildman–Crippen MR) is 105 cm³/mol. The van der Waals surface area contributed by atoms with Crippen molar-refractivity contribution >= 4 is 23.9 Å². The monoisotopic (exact) mass is 381 g/mol. The maximum Gasteiger partial charge on any atom is 0.337 e. The highest BCUT2D eigenvalue weighted by Crippen LogP contribution is 2.08. The van der Waals surface area contributed by atoms with Gasteiger partial charge in [0.1, 0.15) is 0 Å². The highest BCUT2D eigenvalue weighted by atomic mass is 16.5. The Morgan fingerprint density at radius 2 is 1.68 bits per heavy atom. The second-order valence-corrected chi connectivity index (χ2v) is 5.95. The smallest absolute Gasteiger partial charge is 0.337 e. The Labute approximate surface area is 164 Å². The highest BCUT2D eigenvalue weighted by Gasteiger charge is 2.13. The number of carbonyl (C=O) groups is 3.